The van der Waals surface area contributed by atoms with Gasteiger partial charge in [-0.3, -0.25) is 0 Å². The summed E-state index contributed by atoms with van der Waals surface area (Å²) in [6, 6.07) is 0. The fourth-order valence-corrected chi connectivity index (χ4v) is 1.99. The summed E-state index contributed by atoms with van der Waals surface area (Å²) in [6.07, 6.45) is 2.90. The maximum Gasteiger partial charge on any atom is 0.0940 e. The number of rotatable bonds is 8. The van der Waals surface area contributed by atoms with Crippen molar-refractivity contribution in [3.63, 3.8) is 0 Å². The van der Waals surface area contributed by atoms with Gasteiger partial charge in [0.15, 0.2) is 0 Å². The van der Waals surface area contributed by atoms with E-state index in [1.54, 1.807) is 11.3 Å². The number of nitrogens with zero attached hydrogens (tertiary/aromatic N) is 1. The van der Waals surface area contributed by atoms with Crippen LogP contribution in [0.4, 0.5) is 0 Å². The molecule has 0 saturated carbocycles. The van der Waals surface area contributed by atoms with Crippen LogP contribution in [0.3, 0.4) is 0 Å². The third-order valence-electron chi connectivity index (χ3n) is 1.95. The van der Waals surface area contributed by atoms with E-state index >= 15 is 0 Å². The van der Waals surface area contributed by atoms with Gasteiger partial charge in [0.2, 0.25) is 0 Å². The second-order valence-corrected chi connectivity index (χ2v) is 4.32. The van der Waals surface area contributed by atoms with E-state index in [1.807, 2.05) is 13.0 Å². The molecule has 0 aliphatic heterocycles. The van der Waals surface area contributed by atoms with Crippen LogP contribution in [0.25, 0.3) is 0 Å². The Hall–Kier alpha value is -0.710. The molecule has 2 N–H and O–H groups in total. The highest BCUT2D eigenvalue weighted by Crippen LogP contribution is 2.08. The van der Waals surface area contributed by atoms with Gasteiger partial charge in [0, 0.05) is 43.7 Å². The molecule has 0 aliphatic carbocycles. The number of hydrogen-bond acceptors (Lipinski definition) is 4. The molecule has 0 amide bonds. The molecule has 0 atom stereocenters. The van der Waals surface area contributed by atoms with Gasteiger partial charge in [-0.1, -0.05) is 6.08 Å². The van der Waals surface area contributed by atoms with Gasteiger partial charge in [-0.05, 0) is 6.92 Å². The van der Waals surface area contributed by atoms with E-state index in [0.717, 1.165) is 38.3 Å². The van der Waals surface area contributed by atoms with Crippen molar-refractivity contribution in [3.05, 3.63) is 28.7 Å². The summed E-state index contributed by atoms with van der Waals surface area (Å²) in [6.45, 7) is 9.55. The van der Waals surface area contributed by atoms with Gasteiger partial charge in [-0.15, -0.1) is 17.9 Å². The molecule has 0 fully saturated rings. The molecule has 1 rings (SSSR count). The number of nitrogens with one attached hydrogen (secondary N) is 2. The zero-order valence-electron chi connectivity index (χ0n) is 9.25. The topological polar surface area (TPSA) is 37.0 Å². The third kappa shape index (κ3) is 5.67. The molecule has 0 spiro atoms. The monoisotopic (exact) mass is 225 g/mol. The molecule has 1 heterocycles. The number of thiazole rings is 1. The van der Waals surface area contributed by atoms with Crippen molar-refractivity contribution in [3.8, 4) is 0 Å². The highest BCUT2D eigenvalue weighted by Gasteiger charge is 1.97. The summed E-state index contributed by atoms with van der Waals surface area (Å²) in [7, 11) is 0. The van der Waals surface area contributed by atoms with E-state index < -0.39 is 0 Å². The highest BCUT2D eigenvalue weighted by atomic mass is 32.1. The minimum atomic E-state index is 0.882. The van der Waals surface area contributed by atoms with Gasteiger partial charge < -0.3 is 10.6 Å². The standard InChI is InChI=1S/C11H19N3S/c1-3-5-12-7-8-13-6-4-11-14-10(2)9-15-11/h3,9,12-13H,1,4-8H2,2H3. The largest absolute Gasteiger partial charge is 0.315 e. The van der Waals surface area contributed by atoms with Crippen LogP contribution >= 0.6 is 11.3 Å². The number of hydrogen-bond donors (Lipinski definition) is 2. The fraction of sp³-hybridized carbons (Fsp3) is 0.545. The summed E-state index contributed by atoms with van der Waals surface area (Å²) in [5, 5.41) is 9.94. The Bertz CT molecular complexity index is 283. The molecule has 84 valence electrons. The van der Waals surface area contributed by atoms with Crippen LogP contribution in [0, 0.1) is 6.92 Å². The van der Waals surface area contributed by atoms with Crippen molar-refractivity contribution in [1.29, 1.82) is 0 Å². The molecule has 0 unspecified atom stereocenters. The molecule has 0 aromatic carbocycles. The quantitative estimate of drug-likeness (QED) is 0.518. The maximum absolute atomic E-state index is 4.41. The Morgan fingerprint density at radius 1 is 1.40 bits per heavy atom. The fourth-order valence-electron chi connectivity index (χ4n) is 1.22. The summed E-state index contributed by atoms with van der Waals surface area (Å²) >= 11 is 1.74. The van der Waals surface area contributed by atoms with Gasteiger partial charge >= 0.3 is 0 Å². The maximum atomic E-state index is 4.41. The molecule has 0 bridgehead atoms. The first-order chi connectivity index (χ1) is 7.33. The molecular weight excluding hydrogens is 206 g/mol. The van der Waals surface area contributed by atoms with Crippen molar-refractivity contribution in [2.45, 2.75) is 13.3 Å². The zero-order chi connectivity index (χ0) is 10.9. The summed E-state index contributed by atoms with van der Waals surface area (Å²) < 4.78 is 0. The average molecular weight is 225 g/mol. The van der Waals surface area contributed by atoms with Crippen LogP contribution in [0.2, 0.25) is 0 Å². The van der Waals surface area contributed by atoms with Crippen molar-refractivity contribution in [2.24, 2.45) is 0 Å². The Morgan fingerprint density at radius 2 is 2.20 bits per heavy atom. The second kappa shape index (κ2) is 7.56. The van der Waals surface area contributed by atoms with Crippen molar-refractivity contribution >= 4 is 11.3 Å². The predicted octanol–water partition coefficient (Wildman–Crippen LogP) is 1.36. The molecule has 0 radical (unpaired) electrons. The van der Waals surface area contributed by atoms with E-state index in [1.165, 1.54) is 5.01 Å². The number of aryl methyl sites for hydroxylation is 1. The SMILES string of the molecule is C=CCNCCNCCc1nc(C)cs1. The first-order valence-electron chi connectivity index (χ1n) is 5.26. The smallest absolute Gasteiger partial charge is 0.0940 e. The van der Waals surface area contributed by atoms with Gasteiger partial charge in [0.25, 0.3) is 0 Å². The third-order valence-corrected chi connectivity index (χ3v) is 2.98. The van der Waals surface area contributed by atoms with Crippen LogP contribution in [0.15, 0.2) is 18.0 Å². The van der Waals surface area contributed by atoms with E-state index in [-0.39, 0.29) is 0 Å². The van der Waals surface area contributed by atoms with Crippen LogP contribution in [-0.2, 0) is 6.42 Å². The molecule has 0 aliphatic rings. The lowest BCUT2D eigenvalue weighted by molar-refractivity contribution is 0.633. The van der Waals surface area contributed by atoms with Crippen LogP contribution in [-0.4, -0.2) is 31.2 Å². The predicted molar refractivity (Wildman–Crippen MR) is 66.5 cm³/mol. The Kier molecular flexibility index (Phi) is 6.23. The second-order valence-electron chi connectivity index (χ2n) is 3.38. The van der Waals surface area contributed by atoms with Crippen molar-refractivity contribution in [1.82, 2.24) is 15.6 Å². The normalized spacial score (nSPS) is 10.5. The van der Waals surface area contributed by atoms with Gasteiger partial charge in [-0.2, -0.15) is 0 Å². The number of aromatic nitrogens is 1. The average Bonchev–Trinajstić information content (AvgIpc) is 2.63. The van der Waals surface area contributed by atoms with Crippen LogP contribution < -0.4 is 10.6 Å². The molecule has 1 aromatic rings. The Balaban J connectivity index is 1.95. The zero-order valence-corrected chi connectivity index (χ0v) is 10.1. The molecular formula is C11H19N3S. The Morgan fingerprint density at radius 3 is 2.87 bits per heavy atom. The summed E-state index contributed by atoms with van der Waals surface area (Å²) in [5.74, 6) is 0. The lowest BCUT2D eigenvalue weighted by Crippen LogP contribution is -2.28. The molecule has 4 heteroatoms. The Labute approximate surface area is 95.6 Å². The molecule has 15 heavy (non-hydrogen) atoms. The summed E-state index contributed by atoms with van der Waals surface area (Å²) in [5.41, 5.74) is 1.13. The molecule has 1 aromatic heterocycles. The molecule has 0 saturated heterocycles. The van der Waals surface area contributed by atoms with E-state index in [2.05, 4.69) is 27.6 Å². The lowest BCUT2D eigenvalue weighted by Gasteiger charge is -2.03. The first kappa shape index (κ1) is 12.4. The minimum absolute atomic E-state index is 0.882. The van der Waals surface area contributed by atoms with Gasteiger partial charge in [0.05, 0.1) is 5.01 Å². The summed E-state index contributed by atoms with van der Waals surface area (Å²) in [4.78, 5) is 4.41. The lowest BCUT2D eigenvalue weighted by atomic mass is 10.4. The highest BCUT2D eigenvalue weighted by molar-refractivity contribution is 7.09. The first-order valence-corrected chi connectivity index (χ1v) is 6.14. The van der Waals surface area contributed by atoms with Crippen LogP contribution in [0.1, 0.15) is 10.7 Å². The van der Waals surface area contributed by atoms with E-state index in [4.69, 9.17) is 0 Å². The molecule has 3 nitrogen and oxygen atoms in total. The van der Waals surface area contributed by atoms with Gasteiger partial charge in [-0.25, -0.2) is 4.98 Å². The minimum Gasteiger partial charge on any atom is -0.315 e. The van der Waals surface area contributed by atoms with E-state index in [9.17, 15) is 0 Å². The van der Waals surface area contributed by atoms with Gasteiger partial charge in [0.1, 0.15) is 0 Å². The van der Waals surface area contributed by atoms with E-state index in [0.29, 0.717) is 0 Å². The van der Waals surface area contributed by atoms with Crippen molar-refractivity contribution in [2.75, 3.05) is 26.2 Å². The van der Waals surface area contributed by atoms with Crippen LogP contribution in [0.5, 0.6) is 0 Å². The van der Waals surface area contributed by atoms with Crippen molar-refractivity contribution < 1.29 is 0 Å².